The van der Waals surface area contributed by atoms with Crippen LogP contribution in [0.2, 0.25) is 0 Å². The fourth-order valence-corrected chi connectivity index (χ4v) is 2.49. The summed E-state index contributed by atoms with van der Waals surface area (Å²) in [4.78, 5) is 12.2. The summed E-state index contributed by atoms with van der Waals surface area (Å²) in [6.45, 7) is 1.23. The van der Waals surface area contributed by atoms with E-state index in [1.807, 2.05) is 30.3 Å². The first kappa shape index (κ1) is 13.2. The van der Waals surface area contributed by atoms with E-state index in [-0.39, 0.29) is 17.8 Å². The van der Waals surface area contributed by atoms with Gasteiger partial charge in [0.2, 0.25) is 0 Å². The Morgan fingerprint density at radius 1 is 1.39 bits per heavy atom. The van der Waals surface area contributed by atoms with Crippen molar-refractivity contribution in [2.24, 2.45) is 5.73 Å². The number of hydrogen-bond acceptors (Lipinski definition) is 3. The number of ketones is 1. The zero-order valence-corrected chi connectivity index (χ0v) is 10.7. The van der Waals surface area contributed by atoms with E-state index in [4.69, 9.17) is 10.5 Å². The van der Waals surface area contributed by atoms with Gasteiger partial charge in [-0.1, -0.05) is 30.3 Å². The molecule has 3 nitrogen and oxygen atoms in total. The van der Waals surface area contributed by atoms with Crippen LogP contribution < -0.4 is 5.73 Å². The highest BCUT2D eigenvalue weighted by atomic mass is 16.5. The van der Waals surface area contributed by atoms with E-state index in [0.29, 0.717) is 13.0 Å². The molecule has 98 valence electrons. The van der Waals surface area contributed by atoms with Crippen LogP contribution in [0.1, 0.15) is 37.2 Å². The number of benzene rings is 1. The molecule has 2 rings (SSSR count). The van der Waals surface area contributed by atoms with E-state index in [9.17, 15) is 4.79 Å². The molecule has 1 aliphatic heterocycles. The van der Waals surface area contributed by atoms with E-state index in [1.165, 1.54) is 0 Å². The average Bonchev–Trinajstić information content (AvgIpc) is 2.92. The molecule has 0 radical (unpaired) electrons. The van der Waals surface area contributed by atoms with Crippen molar-refractivity contribution in [3.8, 4) is 0 Å². The van der Waals surface area contributed by atoms with Gasteiger partial charge >= 0.3 is 0 Å². The summed E-state index contributed by atoms with van der Waals surface area (Å²) in [6, 6.07) is 9.80. The maximum Gasteiger partial charge on any atom is 0.141 e. The minimum Gasteiger partial charge on any atom is -0.378 e. The molecule has 3 heteroatoms. The molecule has 2 N–H and O–H groups in total. The largest absolute Gasteiger partial charge is 0.378 e. The van der Waals surface area contributed by atoms with Crippen LogP contribution in [0.4, 0.5) is 0 Å². The van der Waals surface area contributed by atoms with Crippen molar-refractivity contribution in [3.05, 3.63) is 35.9 Å². The maximum atomic E-state index is 12.2. The summed E-state index contributed by atoms with van der Waals surface area (Å²) in [7, 11) is 0. The van der Waals surface area contributed by atoms with Crippen LogP contribution in [0.25, 0.3) is 0 Å². The van der Waals surface area contributed by atoms with Gasteiger partial charge in [-0.2, -0.15) is 0 Å². The fourth-order valence-electron chi connectivity index (χ4n) is 2.49. The van der Waals surface area contributed by atoms with Crippen molar-refractivity contribution in [2.75, 3.05) is 13.2 Å². The lowest BCUT2D eigenvalue weighted by Gasteiger charge is -2.15. The summed E-state index contributed by atoms with van der Waals surface area (Å²) in [5.41, 5.74) is 6.76. The Morgan fingerprint density at radius 3 is 2.78 bits per heavy atom. The molecule has 0 saturated carbocycles. The SMILES string of the molecule is NCC(C(=O)CCC1CCCO1)c1ccccc1. The van der Waals surface area contributed by atoms with Crippen LogP contribution in [0.3, 0.4) is 0 Å². The summed E-state index contributed by atoms with van der Waals surface area (Å²) >= 11 is 0. The van der Waals surface area contributed by atoms with Crippen LogP contribution in [0, 0.1) is 0 Å². The number of Topliss-reactive ketones (excluding diaryl/α,β-unsaturated/α-hetero) is 1. The minimum absolute atomic E-state index is 0.160. The predicted molar refractivity (Wildman–Crippen MR) is 71.5 cm³/mol. The first-order chi connectivity index (χ1) is 8.81. The van der Waals surface area contributed by atoms with Crippen LogP contribution in [0.5, 0.6) is 0 Å². The quantitative estimate of drug-likeness (QED) is 0.839. The van der Waals surface area contributed by atoms with Crippen LogP contribution in [-0.4, -0.2) is 25.0 Å². The average molecular weight is 247 g/mol. The summed E-state index contributed by atoms with van der Waals surface area (Å²) in [5.74, 6) is 0.0757. The molecule has 0 spiro atoms. The second kappa shape index (κ2) is 6.66. The summed E-state index contributed by atoms with van der Waals surface area (Å²) < 4.78 is 5.54. The topological polar surface area (TPSA) is 52.3 Å². The van der Waals surface area contributed by atoms with Gasteiger partial charge in [0.25, 0.3) is 0 Å². The van der Waals surface area contributed by atoms with Gasteiger partial charge in [0.15, 0.2) is 0 Å². The third-order valence-corrected chi connectivity index (χ3v) is 3.56. The lowest BCUT2D eigenvalue weighted by molar-refractivity contribution is -0.120. The molecule has 1 aromatic carbocycles. The number of rotatable bonds is 6. The third-order valence-electron chi connectivity index (χ3n) is 3.56. The summed E-state index contributed by atoms with van der Waals surface area (Å²) in [5, 5.41) is 0. The van der Waals surface area contributed by atoms with E-state index < -0.39 is 0 Å². The molecule has 0 amide bonds. The molecule has 2 unspecified atom stereocenters. The molecule has 18 heavy (non-hydrogen) atoms. The van der Waals surface area contributed by atoms with Crippen molar-refractivity contribution >= 4 is 5.78 Å². The molecule has 1 aliphatic rings. The molecular formula is C15H21NO2. The van der Waals surface area contributed by atoms with Gasteiger partial charge in [-0.15, -0.1) is 0 Å². The van der Waals surface area contributed by atoms with Crippen LogP contribution in [0.15, 0.2) is 30.3 Å². The Labute approximate surface area is 108 Å². The molecule has 0 aromatic heterocycles. The van der Waals surface area contributed by atoms with Gasteiger partial charge in [-0.05, 0) is 24.8 Å². The van der Waals surface area contributed by atoms with Gasteiger partial charge in [0.1, 0.15) is 5.78 Å². The molecule has 1 fully saturated rings. The minimum atomic E-state index is -0.160. The van der Waals surface area contributed by atoms with Crippen molar-refractivity contribution in [2.45, 2.75) is 37.7 Å². The van der Waals surface area contributed by atoms with Gasteiger partial charge < -0.3 is 10.5 Å². The van der Waals surface area contributed by atoms with E-state index in [2.05, 4.69) is 0 Å². The predicted octanol–water partition coefficient (Wildman–Crippen LogP) is 2.26. The van der Waals surface area contributed by atoms with Gasteiger partial charge in [-0.25, -0.2) is 0 Å². The highest BCUT2D eigenvalue weighted by Crippen LogP contribution is 2.21. The normalized spacial score (nSPS) is 20.8. The fraction of sp³-hybridized carbons (Fsp3) is 0.533. The Hall–Kier alpha value is -1.19. The first-order valence-corrected chi connectivity index (χ1v) is 6.70. The maximum absolute atomic E-state index is 12.2. The molecular weight excluding hydrogens is 226 g/mol. The second-order valence-electron chi connectivity index (χ2n) is 4.84. The molecule has 0 bridgehead atoms. The van der Waals surface area contributed by atoms with Crippen molar-refractivity contribution in [3.63, 3.8) is 0 Å². The smallest absolute Gasteiger partial charge is 0.141 e. The Balaban J connectivity index is 1.89. The van der Waals surface area contributed by atoms with Crippen molar-refractivity contribution < 1.29 is 9.53 Å². The Bertz CT molecular complexity index is 371. The molecule has 1 heterocycles. The molecule has 1 saturated heterocycles. The monoisotopic (exact) mass is 247 g/mol. The van der Waals surface area contributed by atoms with Crippen LogP contribution >= 0.6 is 0 Å². The number of carbonyl (C=O) groups excluding carboxylic acids is 1. The Morgan fingerprint density at radius 2 is 2.17 bits per heavy atom. The third kappa shape index (κ3) is 3.40. The van der Waals surface area contributed by atoms with Gasteiger partial charge in [0.05, 0.1) is 12.0 Å². The molecule has 1 aromatic rings. The zero-order valence-electron chi connectivity index (χ0n) is 10.7. The van der Waals surface area contributed by atoms with Crippen LogP contribution in [-0.2, 0) is 9.53 Å². The number of hydrogen-bond donors (Lipinski definition) is 1. The molecule has 2 atom stereocenters. The standard InChI is InChI=1S/C15H21NO2/c16-11-14(12-5-2-1-3-6-12)15(17)9-8-13-7-4-10-18-13/h1-3,5-6,13-14H,4,7-11,16H2. The van der Waals surface area contributed by atoms with Gasteiger partial charge in [-0.3, -0.25) is 4.79 Å². The van der Waals surface area contributed by atoms with Gasteiger partial charge in [0, 0.05) is 19.6 Å². The Kier molecular flexibility index (Phi) is 4.90. The second-order valence-corrected chi connectivity index (χ2v) is 4.84. The van der Waals surface area contributed by atoms with Crippen molar-refractivity contribution in [1.82, 2.24) is 0 Å². The number of carbonyl (C=O) groups is 1. The first-order valence-electron chi connectivity index (χ1n) is 6.70. The highest BCUT2D eigenvalue weighted by Gasteiger charge is 2.21. The summed E-state index contributed by atoms with van der Waals surface area (Å²) in [6.07, 6.45) is 3.90. The number of nitrogens with two attached hydrogens (primary N) is 1. The zero-order chi connectivity index (χ0) is 12.8. The van der Waals surface area contributed by atoms with Crippen molar-refractivity contribution in [1.29, 1.82) is 0 Å². The lowest BCUT2D eigenvalue weighted by Crippen LogP contribution is -2.22. The highest BCUT2D eigenvalue weighted by molar-refractivity contribution is 5.86. The van der Waals surface area contributed by atoms with E-state index in [0.717, 1.165) is 31.4 Å². The van der Waals surface area contributed by atoms with E-state index >= 15 is 0 Å². The lowest BCUT2D eigenvalue weighted by atomic mass is 9.91. The molecule has 0 aliphatic carbocycles. The number of ether oxygens (including phenoxy) is 1. The van der Waals surface area contributed by atoms with E-state index in [1.54, 1.807) is 0 Å².